The summed E-state index contributed by atoms with van der Waals surface area (Å²) in [7, 11) is -3.03. The fourth-order valence-corrected chi connectivity index (χ4v) is 2.67. The molecule has 1 aromatic heterocycles. The van der Waals surface area contributed by atoms with Crippen molar-refractivity contribution >= 4 is 10.0 Å². The third-order valence-electron chi connectivity index (χ3n) is 2.76. The summed E-state index contributed by atoms with van der Waals surface area (Å²) in [4.78, 5) is 2.19. The largest absolute Gasteiger partial charge is 0.468 e. The van der Waals surface area contributed by atoms with Gasteiger partial charge in [-0.3, -0.25) is 4.90 Å². The van der Waals surface area contributed by atoms with Crippen molar-refractivity contribution < 1.29 is 12.8 Å². The molecule has 0 spiro atoms. The van der Waals surface area contributed by atoms with Gasteiger partial charge in [0, 0.05) is 26.2 Å². The molecule has 0 aromatic carbocycles. The molecule has 1 saturated heterocycles. The second kappa shape index (κ2) is 4.57. The van der Waals surface area contributed by atoms with Gasteiger partial charge >= 0.3 is 0 Å². The van der Waals surface area contributed by atoms with Crippen molar-refractivity contribution in [1.29, 1.82) is 0 Å². The van der Waals surface area contributed by atoms with Gasteiger partial charge in [0.25, 0.3) is 0 Å². The Morgan fingerprint density at radius 2 is 2.00 bits per heavy atom. The van der Waals surface area contributed by atoms with Crippen molar-refractivity contribution in [3.63, 3.8) is 0 Å². The fourth-order valence-electron chi connectivity index (χ4n) is 1.84. The lowest BCUT2D eigenvalue weighted by Gasteiger charge is -2.32. The minimum absolute atomic E-state index is 0.569. The van der Waals surface area contributed by atoms with Crippen LogP contribution in [-0.2, 0) is 16.6 Å². The first-order valence-corrected chi connectivity index (χ1v) is 7.10. The van der Waals surface area contributed by atoms with E-state index >= 15 is 0 Å². The number of piperazine rings is 1. The first kappa shape index (κ1) is 11.6. The van der Waals surface area contributed by atoms with E-state index in [1.54, 1.807) is 6.26 Å². The second-order valence-corrected chi connectivity index (χ2v) is 6.00. The molecule has 6 heteroatoms. The fraction of sp³-hybridized carbons (Fsp3) is 0.600. The highest BCUT2D eigenvalue weighted by Crippen LogP contribution is 2.10. The lowest BCUT2D eigenvalue weighted by Crippen LogP contribution is -2.47. The maximum Gasteiger partial charge on any atom is 0.211 e. The number of rotatable bonds is 3. The van der Waals surface area contributed by atoms with E-state index in [1.165, 1.54) is 10.6 Å². The number of hydrogen-bond acceptors (Lipinski definition) is 4. The first-order chi connectivity index (χ1) is 7.55. The van der Waals surface area contributed by atoms with Crippen LogP contribution in [0.5, 0.6) is 0 Å². The molecule has 90 valence electrons. The topological polar surface area (TPSA) is 53.8 Å². The third kappa shape index (κ3) is 2.84. The maximum absolute atomic E-state index is 11.3. The van der Waals surface area contributed by atoms with Crippen LogP contribution in [0.1, 0.15) is 5.76 Å². The van der Waals surface area contributed by atoms with Crippen molar-refractivity contribution in [3.8, 4) is 0 Å². The Bertz CT molecular complexity index is 419. The van der Waals surface area contributed by atoms with Crippen LogP contribution in [0.2, 0.25) is 0 Å². The molecule has 16 heavy (non-hydrogen) atoms. The highest BCUT2D eigenvalue weighted by molar-refractivity contribution is 7.88. The highest BCUT2D eigenvalue weighted by atomic mass is 32.2. The Hall–Kier alpha value is -0.850. The van der Waals surface area contributed by atoms with Gasteiger partial charge in [0.15, 0.2) is 0 Å². The second-order valence-electron chi connectivity index (χ2n) is 4.02. The Labute approximate surface area is 95.7 Å². The van der Waals surface area contributed by atoms with Gasteiger partial charge in [-0.1, -0.05) is 0 Å². The third-order valence-corrected chi connectivity index (χ3v) is 4.06. The van der Waals surface area contributed by atoms with Crippen LogP contribution in [-0.4, -0.2) is 50.1 Å². The Morgan fingerprint density at radius 1 is 1.31 bits per heavy atom. The molecule has 1 fully saturated rings. The monoisotopic (exact) mass is 244 g/mol. The number of sulfonamides is 1. The van der Waals surface area contributed by atoms with Gasteiger partial charge in [0.2, 0.25) is 10.0 Å². The molecular weight excluding hydrogens is 228 g/mol. The SMILES string of the molecule is CS(=O)(=O)N1CCN(Cc2ccco2)CC1. The van der Waals surface area contributed by atoms with Gasteiger partial charge in [0.05, 0.1) is 19.1 Å². The van der Waals surface area contributed by atoms with Crippen LogP contribution in [0.15, 0.2) is 22.8 Å². The summed E-state index contributed by atoms with van der Waals surface area (Å²) in [5.41, 5.74) is 0. The summed E-state index contributed by atoms with van der Waals surface area (Å²) in [5, 5.41) is 0. The van der Waals surface area contributed by atoms with Crippen LogP contribution in [0.25, 0.3) is 0 Å². The standard InChI is InChI=1S/C10H16N2O3S/c1-16(13,14)12-6-4-11(5-7-12)9-10-3-2-8-15-10/h2-3,8H,4-7,9H2,1H3. The molecule has 1 aromatic rings. The van der Waals surface area contributed by atoms with Crippen LogP contribution >= 0.6 is 0 Å². The minimum Gasteiger partial charge on any atom is -0.468 e. The van der Waals surface area contributed by atoms with E-state index in [4.69, 9.17) is 4.42 Å². The molecule has 0 saturated carbocycles. The Morgan fingerprint density at radius 3 is 2.50 bits per heavy atom. The summed E-state index contributed by atoms with van der Waals surface area (Å²) >= 11 is 0. The number of nitrogens with zero attached hydrogens (tertiary/aromatic N) is 2. The first-order valence-electron chi connectivity index (χ1n) is 5.25. The summed E-state index contributed by atoms with van der Waals surface area (Å²) < 4.78 is 29.4. The molecular formula is C10H16N2O3S. The van der Waals surface area contributed by atoms with E-state index in [9.17, 15) is 8.42 Å². The Kier molecular flexibility index (Phi) is 3.32. The van der Waals surface area contributed by atoms with E-state index in [0.29, 0.717) is 13.1 Å². The average Bonchev–Trinajstić information content (AvgIpc) is 2.70. The molecule has 1 aliphatic rings. The van der Waals surface area contributed by atoms with E-state index in [0.717, 1.165) is 25.4 Å². The van der Waals surface area contributed by atoms with E-state index in [2.05, 4.69) is 4.90 Å². The molecule has 1 aliphatic heterocycles. The molecule has 0 bridgehead atoms. The number of furan rings is 1. The predicted molar refractivity (Wildman–Crippen MR) is 60.4 cm³/mol. The summed E-state index contributed by atoms with van der Waals surface area (Å²) in [6.07, 6.45) is 2.91. The van der Waals surface area contributed by atoms with Gasteiger partial charge in [-0.15, -0.1) is 0 Å². The van der Waals surface area contributed by atoms with Crippen molar-refractivity contribution in [2.45, 2.75) is 6.54 Å². The Balaban J connectivity index is 1.86. The van der Waals surface area contributed by atoms with Gasteiger partial charge in [-0.25, -0.2) is 8.42 Å². The van der Waals surface area contributed by atoms with Gasteiger partial charge in [-0.2, -0.15) is 4.31 Å². The molecule has 0 unspecified atom stereocenters. The van der Waals surface area contributed by atoms with Crippen LogP contribution < -0.4 is 0 Å². The van der Waals surface area contributed by atoms with Crippen LogP contribution in [0.3, 0.4) is 0 Å². The summed E-state index contributed by atoms with van der Waals surface area (Å²) in [6, 6.07) is 3.80. The normalized spacial score (nSPS) is 20.1. The van der Waals surface area contributed by atoms with E-state index in [-0.39, 0.29) is 0 Å². The minimum atomic E-state index is -3.03. The molecule has 2 rings (SSSR count). The smallest absolute Gasteiger partial charge is 0.211 e. The van der Waals surface area contributed by atoms with Crippen LogP contribution in [0, 0.1) is 0 Å². The average molecular weight is 244 g/mol. The number of hydrogen-bond donors (Lipinski definition) is 0. The van der Waals surface area contributed by atoms with Gasteiger partial charge in [-0.05, 0) is 12.1 Å². The highest BCUT2D eigenvalue weighted by Gasteiger charge is 2.23. The zero-order valence-corrected chi connectivity index (χ0v) is 10.1. The van der Waals surface area contributed by atoms with Crippen molar-refractivity contribution in [3.05, 3.63) is 24.2 Å². The molecule has 0 radical (unpaired) electrons. The zero-order valence-electron chi connectivity index (χ0n) is 9.30. The molecule has 0 N–H and O–H groups in total. The predicted octanol–water partition coefficient (Wildman–Crippen LogP) is 0.357. The van der Waals surface area contributed by atoms with Gasteiger partial charge < -0.3 is 4.42 Å². The molecule has 0 atom stereocenters. The maximum atomic E-state index is 11.3. The van der Waals surface area contributed by atoms with Crippen molar-refractivity contribution in [1.82, 2.24) is 9.21 Å². The van der Waals surface area contributed by atoms with E-state index in [1.807, 2.05) is 12.1 Å². The van der Waals surface area contributed by atoms with Crippen molar-refractivity contribution in [2.24, 2.45) is 0 Å². The molecule has 5 nitrogen and oxygen atoms in total. The van der Waals surface area contributed by atoms with Crippen LogP contribution in [0.4, 0.5) is 0 Å². The molecule has 0 aliphatic carbocycles. The molecule has 0 amide bonds. The zero-order chi connectivity index (χ0) is 11.6. The summed E-state index contributed by atoms with van der Waals surface area (Å²) in [6.45, 7) is 3.41. The van der Waals surface area contributed by atoms with Crippen molar-refractivity contribution in [2.75, 3.05) is 32.4 Å². The quantitative estimate of drug-likeness (QED) is 0.770. The molecule has 2 heterocycles. The van der Waals surface area contributed by atoms with E-state index < -0.39 is 10.0 Å². The summed E-state index contributed by atoms with van der Waals surface area (Å²) in [5.74, 6) is 0.924. The lowest BCUT2D eigenvalue weighted by molar-refractivity contribution is 0.171. The lowest BCUT2D eigenvalue weighted by atomic mass is 10.3. The van der Waals surface area contributed by atoms with Gasteiger partial charge in [0.1, 0.15) is 5.76 Å².